The first-order valence-corrected chi connectivity index (χ1v) is 11.8. The van der Waals surface area contributed by atoms with Crippen LogP contribution >= 0.6 is 0 Å². The summed E-state index contributed by atoms with van der Waals surface area (Å²) < 4.78 is 56.1. The average molecular weight is 455 g/mol. The Kier molecular flexibility index (Phi) is 4.85. The van der Waals surface area contributed by atoms with Gasteiger partial charge in [0, 0.05) is 18.4 Å². The zero-order valence-corrected chi connectivity index (χ0v) is 17.8. The maximum absolute atomic E-state index is 12.9. The molecule has 0 unspecified atom stereocenters. The second kappa shape index (κ2) is 7.59. The van der Waals surface area contributed by atoms with E-state index in [0.717, 1.165) is 22.2 Å². The third-order valence-electron chi connectivity index (χ3n) is 5.56. The van der Waals surface area contributed by atoms with E-state index in [-0.39, 0.29) is 16.7 Å². The van der Waals surface area contributed by atoms with E-state index in [1.807, 2.05) is 22.8 Å². The fraction of sp³-hybridized carbons (Fsp3) is 0.174. The third-order valence-corrected chi connectivity index (χ3v) is 6.69. The summed E-state index contributed by atoms with van der Waals surface area (Å²) in [4.78, 5) is 4.88. The lowest BCUT2D eigenvalue weighted by Gasteiger charge is -2.18. The molecule has 6 nitrogen and oxygen atoms in total. The lowest BCUT2D eigenvalue weighted by Crippen LogP contribution is -2.13. The Morgan fingerprint density at radius 3 is 2.50 bits per heavy atom. The largest absolute Gasteiger partial charge is 0.434 e. The number of hydrogen-bond donors (Lipinski definition) is 1. The number of aromatic nitrogens is 2. The molecule has 1 N–H and O–H groups in total. The molecule has 0 bridgehead atoms. The summed E-state index contributed by atoms with van der Waals surface area (Å²) in [5.74, 6) is 0.790. The van der Waals surface area contributed by atoms with Crippen molar-refractivity contribution in [3.8, 4) is 16.9 Å². The number of ether oxygens (including phenoxy) is 1. The molecule has 2 heterocycles. The molecule has 1 atom stereocenters. The molecule has 3 aromatic carbocycles. The third kappa shape index (κ3) is 3.58. The van der Waals surface area contributed by atoms with E-state index in [2.05, 4.69) is 10.3 Å². The maximum Gasteiger partial charge on any atom is 0.387 e. The molecule has 0 fully saturated rings. The van der Waals surface area contributed by atoms with Crippen LogP contribution in [0.4, 0.5) is 14.7 Å². The number of fused-ring (bicyclic) bond motifs is 3. The van der Waals surface area contributed by atoms with Crippen LogP contribution in [0.25, 0.3) is 22.2 Å². The molecule has 164 valence electrons. The first kappa shape index (κ1) is 20.4. The number of hydrogen-bond acceptors (Lipinski definition) is 5. The van der Waals surface area contributed by atoms with Crippen molar-refractivity contribution in [3.63, 3.8) is 0 Å². The van der Waals surface area contributed by atoms with Crippen molar-refractivity contribution in [1.82, 2.24) is 9.55 Å². The summed E-state index contributed by atoms with van der Waals surface area (Å²) in [7, 11) is -3.27. The van der Waals surface area contributed by atoms with Crippen LogP contribution in [0.5, 0.6) is 5.75 Å². The number of nitrogens with zero attached hydrogens (tertiary/aromatic N) is 2. The topological polar surface area (TPSA) is 73.2 Å². The second-order valence-electron chi connectivity index (χ2n) is 7.62. The summed E-state index contributed by atoms with van der Waals surface area (Å²) in [6.07, 6.45) is 1.17. The molecule has 1 aliphatic heterocycles. The summed E-state index contributed by atoms with van der Waals surface area (Å²) in [5.41, 5.74) is 4.00. The van der Waals surface area contributed by atoms with Crippen LogP contribution in [-0.4, -0.2) is 37.4 Å². The van der Waals surface area contributed by atoms with Gasteiger partial charge in [-0.2, -0.15) is 8.78 Å². The van der Waals surface area contributed by atoms with Crippen molar-refractivity contribution in [3.05, 3.63) is 72.3 Å². The number of anilines is 1. The number of benzene rings is 3. The summed E-state index contributed by atoms with van der Waals surface area (Å²) in [6.45, 7) is -2.42. The highest BCUT2D eigenvalue weighted by atomic mass is 32.2. The van der Waals surface area contributed by atoms with Crippen molar-refractivity contribution >= 4 is 26.8 Å². The molecule has 4 aromatic rings. The lowest BCUT2D eigenvalue weighted by molar-refractivity contribution is -0.0506. The van der Waals surface area contributed by atoms with Gasteiger partial charge in [-0.05, 0) is 41.5 Å². The highest BCUT2D eigenvalue weighted by Gasteiger charge is 2.29. The molecule has 1 aromatic heterocycles. The van der Waals surface area contributed by atoms with Gasteiger partial charge in [0.15, 0.2) is 9.84 Å². The van der Waals surface area contributed by atoms with Crippen molar-refractivity contribution in [2.75, 3.05) is 18.1 Å². The van der Waals surface area contributed by atoms with Crippen molar-refractivity contribution in [2.45, 2.75) is 17.5 Å². The molecule has 0 saturated carbocycles. The van der Waals surface area contributed by atoms with Crippen LogP contribution in [0.2, 0.25) is 0 Å². The van der Waals surface area contributed by atoms with Crippen molar-refractivity contribution < 1.29 is 21.9 Å². The number of alkyl halides is 2. The molecule has 1 aliphatic rings. The first-order valence-electron chi connectivity index (χ1n) is 9.91. The van der Waals surface area contributed by atoms with Crippen LogP contribution < -0.4 is 10.1 Å². The molecular formula is C23H19F2N3O3S. The SMILES string of the molecule is CS(=O)(=O)c1ccc(-c2ccc3nc4n(c3c2)[C@@H](c2ccccc2OC(F)F)CN4)cc1. The number of para-hydroxylation sites is 1. The molecule has 0 aliphatic carbocycles. The minimum atomic E-state index is -3.27. The van der Waals surface area contributed by atoms with E-state index in [0.29, 0.717) is 18.1 Å². The normalized spacial score (nSPS) is 15.7. The first-order chi connectivity index (χ1) is 15.3. The Morgan fingerprint density at radius 1 is 1.06 bits per heavy atom. The zero-order chi connectivity index (χ0) is 22.5. The molecular weight excluding hydrogens is 436 g/mol. The molecule has 9 heteroatoms. The van der Waals surface area contributed by atoms with Gasteiger partial charge in [-0.15, -0.1) is 0 Å². The van der Waals surface area contributed by atoms with E-state index < -0.39 is 16.4 Å². The van der Waals surface area contributed by atoms with Gasteiger partial charge in [-0.1, -0.05) is 36.4 Å². The fourth-order valence-corrected chi connectivity index (χ4v) is 4.73. The Balaban J connectivity index is 1.59. The lowest BCUT2D eigenvalue weighted by atomic mass is 10.0. The van der Waals surface area contributed by atoms with E-state index in [4.69, 9.17) is 4.74 Å². The van der Waals surface area contributed by atoms with E-state index in [1.54, 1.807) is 42.5 Å². The van der Waals surface area contributed by atoms with Crippen LogP contribution in [0.15, 0.2) is 71.6 Å². The predicted molar refractivity (Wildman–Crippen MR) is 118 cm³/mol. The minimum Gasteiger partial charge on any atom is -0.434 e. The molecule has 32 heavy (non-hydrogen) atoms. The smallest absolute Gasteiger partial charge is 0.387 e. The van der Waals surface area contributed by atoms with Gasteiger partial charge in [-0.25, -0.2) is 13.4 Å². The van der Waals surface area contributed by atoms with Gasteiger partial charge in [0.1, 0.15) is 5.75 Å². The zero-order valence-electron chi connectivity index (χ0n) is 17.0. The Morgan fingerprint density at radius 2 is 1.78 bits per heavy atom. The fourth-order valence-electron chi connectivity index (χ4n) is 4.09. The van der Waals surface area contributed by atoms with Crippen LogP contribution in [0.3, 0.4) is 0 Å². The average Bonchev–Trinajstić information content (AvgIpc) is 3.32. The number of halogens is 2. The number of sulfone groups is 1. The Labute approximate surface area is 183 Å². The van der Waals surface area contributed by atoms with Crippen LogP contribution in [0.1, 0.15) is 11.6 Å². The molecule has 0 radical (unpaired) electrons. The highest BCUT2D eigenvalue weighted by Crippen LogP contribution is 2.38. The summed E-state index contributed by atoms with van der Waals surface area (Å²) >= 11 is 0. The van der Waals surface area contributed by atoms with Crippen LogP contribution in [0, 0.1) is 0 Å². The van der Waals surface area contributed by atoms with Gasteiger partial charge in [0.05, 0.1) is 22.0 Å². The van der Waals surface area contributed by atoms with Crippen LogP contribution in [-0.2, 0) is 9.84 Å². The van der Waals surface area contributed by atoms with E-state index >= 15 is 0 Å². The Hall–Kier alpha value is -3.46. The molecule has 0 amide bonds. The highest BCUT2D eigenvalue weighted by molar-refractivity contribution is 7.90. The number of nitrogens with one attached hydrogen (secondary N) is 1. The van der Waals surface area contributed by atoms with Gasteiger partial charge in [0.25, 0.3) is 0 Å². The molecule has 5 rings (SSSR count). The summed E-state index contributed by atoms with van der Waals surface area (Å²) in [5, 5.41) is 3.24. The quantitative estimate of drug-likeness (QED) is 0.471. The van der Waals surface area contributed by atoms with Gasteiger partial charge >= 0.3 is 6.61 Å². The van der Waals surface area contributed by atoms with Gasteiger partial charge in [0.2, 0.25) is 5.95 Å². The van der Waals surface area contributed by atoms with Crippen molar-refractivity contribution in [1.29, 1.82) is 0 Å². The molecule has 0 saturated heterocycles. The number of rotatable bonds is 5. The monoisotopic (exact) mass is 455 g/mol. The van der Waals surface area contributed by atoms with Gasteiger partial charge in [-0.3, -0.25) is 0 Å². The molecule has 0 spiro atoms. The van der Waals surface area contributed by atoms with Gasteiger partial charge < -0.3 is 14.6 Å². The maximum atomic E-state index is 12.9. The second-order valence-corrected chi connectivity index (χ2v) is 9.63. The predicted octanol–water partition coefficient (Wildman–Crippen LogP) is 4.72. The number of imidazole rings is 1. The van der Waals surface area contributed by atoms with E-state index in [9.17, 15) is 17.2 Å². The summed E-state index contributed by atoms with van der Waals surface area (Å²) in [6, 6.07) is 19.0. The van der Waals surface area contributed by atoms with Crippen molar-refractivity contribution in [2.24, 2.45) is 0 Å². The van der Waals surface area contributed by atoms with E-state index in [1.165, 1.54) is 12.3 Å². The standard InChI is InChI=1S/C23H19F2N3O3S/c1-32(29,30)16-9-6-14(7-10-16)15-8-11-18-19(12-15)28-20(13-26-23(28)27-18)17-4-2-3-5-21(17)31-22(24)25/h2-12,20,22H,13H2,1H3,(H,26,27)/t20-/m1/s1. The Bertz CT molecular complexity index is 1420. The minimum absolute atomic E-state index is 0.136.